The van der Waals surface area contributed by atoms with Gasteiger partial charge < -0.3 is 11.1 Å². The van der Waals surface area contributed by atoms with Gasteiger partial charge in [-0.25, -0.2) is 0 Å². The van der Waals surface area contributed by atoms with Crippen molar-refractivity contribution in [3.63, 3.8) is 0 Å². The first-order valence-corrected chi connectivity index (χ1v) is 7.27. The summed E-state index contributed by atoms with van der Waals surface area (Å²) in [5, 5.41) is 2.93. The number of hydrogen-bond acceptors (Lipinski definition) is 2. The Morgan fingerprint density at radius 2 is 2.06 bits per heavy atom. The van der Waals surface area contributed by atoms with Gasteiger partial charge in [0.15, 0.2) is 0 Å². The van der Waals surface area contributed by atoms with Crippen LogP contribution in [0.5, 0.6) is 0 Å². The van der Waals surface area contributed by atoms with E-state index in [1.165, 1.54) is 38.5 Å². The molecule has 1 aliphatic carbocycles. The molecule has 1 atom stereocenters. The van der Waals surface area contributed by atoms with Crippen molar-refractivity contribution in [1.29, 1.82) is 0 Å². The highest BCUT2D eigenvalue weighted by molar-refractivity contribution is 5.81. The molecular weight excluding hydrogens is 212 g/mol. The average Bonchev–Trinajstić information content (AvgIpc) is 2.81. The van der Waals surface area contributed by atoms with Crippen molar-refractivity contribution >= 4 is 5.91 Å². The molecule has 0 spiro atoms. The van der Waals surface area contributed by atoms with Crippen LogP contribution in [0.2, 0.25) is 0 Å². The smallest absolute Gasteiger partial charge is 0.236 e. The Kier molecular flexibility index (Phi) is 7.25. The van der Waals surface area contributed by atoms with Crippen LogP contribution in [0.15, 0.2) is 0 Å². The van der Waals surface area contributed by atoms with Crippen LogP contribution in [0.25, 0.3) is 0 Å². The molecule has 3 N–H and O–H groups in total. The van der Waals surface area contributed by atoms with Gasteiger partial charge in [0.05, 0.1) is 6.04 Å². The molecule has 17 heavy (non-hydrogen) atoms. The Labute approximate surface area is 106 Å². The van der Waals surface area contributed by atoms with E-state index in [9.17, 15) is 4.79 Å². The summed E-state index contributed by atoms with van der Waals surface area (Å²) in [5.41, 5.74) is 5.73. The summed E-state index contributed by atoms with van der Waals surface area (Å²) in [4.78, 5) is 11.5. The van der Waals surface area contributed by atoms with Crippen LogP contribution in [-0.2, 0) is 4.79 Å². The highest BCUT2D eigenvalue weighted by Crippen LogP contribution is 2.28. The highest BCUT2D eigenvalue weighted by Gasteiger charge is 2.14. The van der Waals surface area contributed by atoms with Gasteiger partial charge in [-0.05, 0) is 18.8 Å². The fourth-order valence-electron chi connectivity index (χ4n) is 2.64. The SMILES string of the molecule is CCCC(N)C(=O)NCCCCC1CCCC1. The molecule has 0 radical (unpaired) electrons. The summed E-state index contributed by atoms with van der Waals surface area (Å²) in [5.74, 6) is 0.987. The molecule has 1 saturated carbocycles. The molecular formula is C14H28N2O. The number of amides is 1. The molecule has 0 aliphatic heterocycles. The third kappa shape index (κ3) is 6.06. The van der Waals surface area contributed by atoms with Gasteiger partial charge >= 0.3 is 0 Å². The molecule has 1 amide bonds. The minimum absolute atomic E-state index is 0.0210. The number of nitrogens with two attached hydrogens (primary N) is 1. The zero-order chi connectivity index (χ0) is 12.5. The molecule has 0 aromatic carbocycles. The topological polar surface area (TPSA) is 55.1 Å². The molecule has 0 bridgehead atoms. The van der Waals surface area contributed by atoms with E-state index < -0.39 is 0 Å². The minimum atomic E-state index is -0.310. The second-order valence-electron chi connectivity index (χ2n) is 5.33. The minimum Gasteiger partial charge on any atom is -0.355 e. The largest absolute Gasteiger partial charge is 0.355 e. The number of hydrogen-bond donors (Lipinski definition) is 2. The molecule has 0 heterocycles. The summed E-state index contributed by atoms with van der Waals surface area (Å²) in [6.07, 6.45) is 11.1. The van der Waals surface area contributed by atoms with E-state index in [1.54, 1.807) is 0 Å². The molecule has 1 rings (SSSR count). The lowest BCUT2D eigenvalue weighted by atomic mass is 10.0. The van der Waals surface area contributed by atoms with Crippen LogP contribution < -0.4 is 11.1 Å². The van der Waals surface area contributed by atoms with Crippen LogP contribution in [0.4, 0.5) is 0 Å². The van der Waals surface area contributed by atoms with Crippen molar-refractivity contribution in [3.8, 4) is 0 Å². The lowest BCUT2D eigenvalue weighted by molar-refractivity contribution is -0.122. The van der Waals surface area contributed by atoms with E-state index in [0.29, 0.717) is 0 Å². The third-order valence-electron chi connectivity index (χ3n) is 3.75. The molecule has 3 heteroatoms. The molecule has 1 fully saturated rings. The second-order valence-corrected chi connectivity index (χ2v) is 5.33. The maximum atomic E-state index is 11.5. The lowest BCUT2D eigenvalue weighted by Gasteiger charge is -2.12. The van der Waals surface area contributed by atoms with E-state index in [0.717, 1.165) is 31.7 Å². The fraction of sp³-hybridized carbons (Fsp3) is 0.929. The Balaban J connectivity index is 1.94. The highest BCUT2D eigenvalue weighted by atomic mass is 16.2. The first-order valence-electron chi connectivity index (χ1n) is 7.27. The predicted octanol–water partition coefficient (Wildman–Crippen LogP) is 2.59. The number of carbonyl (C=O) groups is 1. The van der Waals surface area contributed by atoms with Gasteiger partial charge in [0.2, 0.25) is 5.91 Å². The molecule has 0 aromatic rings. The summed E-state index contributed by atoms with van der Waals surface area (Å²) in [7, 11) is 0. The number of nitrogens with one attached hydrogen (secondary N) is 1. The van der Waals surface area contributed by atoms with E-state index in [4.69, 9.17) is 5.73 Å². The van der Waals surface area contributed by atoms with Gasteiger partial charge in [-0.15, -0.1) is 0 Å². The molecule has 0 aromatic heterocycles. The van der Waals surface area contributed by atoms with Crippen LogP contribution in [0, 0.1) is 5.92 Å². The average molecular weight is 240 g/mol. The van der Waals surface area contributed by atoms with Crippen molar-refractivity contribution in [3.05, 3.63) is 0 Å². The first kappa shape index (κ1) is 14.5. The lowest BCUT2D eigenvalue weighted by Crippen LogP contribution is -2.40. The van der Waals surface area contributed by atoms with E-state index in [2.05, 4.69) is 12.2 Å². The standard InChI is InChI=1S/C14H28N2O/c1-2-7-13(15)14(17)16-11-6-5-10-12-8-3-4-9-12/h12-13H,2-11,15H2,1H3,(H,16,17). The third-order valence-corrected chi connectivity index (χ3v) is 3.75. The first-order chi connectivity index (χ1) is 8.24. The van der Waals surface area contributed by atoms with Crippen molar-refractivity contribution in [2.24, 2.45) is 11.7 Å². The summed E-state index contributed by atoms with van der Waals surface area (Å²) >= 11 is 0. The zero-order valence-electron chi connectivity index (χ0n) is 11.2. The molecule has 0 saturated heterocycles. The van der Waals surface area contributed by atoms with Crippen molar-refractivity contribution in [2.45, 2.75) is 70.8 Å². The maximum absolute atomic E-state index is 11.5. The van der Waals surface area contributed by atoms with Gasteiger partial charge in [-0.3, -0.25) is 4.79 Å². The summed E-state index contributed by atoms with van der Waals surface area (Å²) in [6, 6.07) is -0.310. The number of rotatable bonds is 8. The molecule has 1 unspecified atom stereocenters. The Morgan fingerprint density at radius 3 is 2.71 bits per heavy atom. The quantitative estimate of drug-likeness (QED) is 0.641. The fourth-order valence-corrected chi connectivity index (χ4v) is 2.64. The van der Waals surface area contributed by atoms with Crippen LogP contribution in [0.3, 0.4) is 0 Å². The van der Waals surface area contributed by atoms with Crippen molar-refractivity contribution in [2.75, 3.05) is 6.54 Å². The van der Waals surface area contributed by atoms with Gasteiger partial charge in [0, 0.05) is 6.54 Å². The Bertz CT molecular complexity index is 212. The maximum Gasteiger partial charge on any atom is 0.236 e. The second kappa shape index (κ2) is 8.51. The summed E-state index contributed by atoms with van der Waals surface area (Å²) < 4.78 is 0. The predicted molar refractivity (Wildman–Crippen MR) is 71.7 cm³/mol. The zero-order valence-corrected chi connectivity index (χ0v) is 11.2. The van der Waals surface area contributed by atoms with E-state index >= 15 is 0 Å². The Hall–Kier alpha value is -0.570. The van der Waals surface area contributed by atoms with Crippen molar-refractivity contribution < 1.29 is 4.79 Å². The Morgan fingerprint density at radius 1 is 1.35 bits per heavy atom. The van der Waals surface area contributed by atoms with Gasteiger partial charge in [0.25, 0.3) is 0 Å². The number of carbonyl (C=O) groups excluding carboxylic acids is 1. The van der Waals surface area contributed by atoms with Gasteiger partial charge in [-0.2, -0.15) is 0 Å². The van der Waals surface area contributed by atoms with Crippen molar-refractivity contribution in [1.82, 2.24) is 5.32 Å². The van der Waals surface area contributed by atoms with Gasteiger partial charge in [-0.1, -0.05) is 51.9 Å². The summed E-state index contributed by atoms with van der Waals surface area (Å²) in [6.45, 7) is 2.84. The molecule has 3 nitrogen and oxygen atoms in total. The van der Waals surface area contributed by atoms with E-state index in [-0.39, 0.29) is 11.9 Å². The normalized spacial score (nSPS) is 18.2. The van der Waals surface area contributed by atoms with E-state index in [1.807, 2.05) is 0 Å². The number of unbranched alkanes of at least 4 members (excludes halogenated alkanes) is 1. The van der Waals surface area contributed by atoms with Crippen LogP contribution in [0.1, 0.15) is 64.7 Å². The monoisotopic (exact) mass is 240 g/mol. The van der Waals surface area contributed by atoms with Gasteiger partial charge in [0.1, 0.15) is 0 Å². The van der Waals surface area contributed by atoms with Crippen LogP contribution >= 0.6 is 0 Å². The molecule has 1 aliphatic rings. The van der Waals surface area contributed by atoms with Crippen LogP contribution in [-0.4, -0.2) is 18.5 Å². The molecule has 100 valence electrons.